The number of ether oxygens (including phenoxy) is 2. The number of anilines is 1. The predicted octanol–water partition coefficient (Wildman–Crippen LogP) is 7.17. The highest BCUT2D eigenvalue weighted by Crippen LogP contribution is 2.59. The average Bonchev–Trinajstić information content (AvgIpc) is 3.45. The Labute approximate surface area is 292 Å². The van der Waals surface area contributed by atoms with Crippen molar-refractivity contribution in [3.05, 3.63) is 34.2 Å². The van der Waals surface area contributed by atoms with E-state index in [1.807, 2.05) is 33.0 Å². The number of pyridine rings is 1. The number of unbranched alkanes of at least 4 members (excludes halogenated alkanes) is 2. The number of carbonyl (C=O) groups excluding carboxylic acids is 2. The Balaban J connectivity index is 1.79. The van der Waals surface area contributed by atoms with Gasteiger partial charge in [-0.3, -0.25) is 14.5 Å². The van der Waals surface area contributed by atoms with Crippen molar-refractivity contribution in [2.24, 2.45) is 11.8 Å². The Morgan fingerprint density at radius 3 is 2.27 bits per heavy atom. The number of aliphatic hydroxyl groups excluding tert-OH is 1. The second-order valence-electron chi connectivity index (χ2n) is 15.6. The fourth-order valence-corrected chi connectivity index (χ4v) is 8.79. The number of aliphatic hydroxyl groups is 1. The van der Waals surface area contributed by atoms with Gasteiger partial charge < -0.3 is 28.4 Å². The fourth-order valence-electron chi connectivity index (χ4n) is 7.34. The number of carbonyl (C=O) groups is 2. The maximum absolute atomic E-state index is 15.6. The van der Waals surface area contributed by atoms with Crippen LogP contribution in [-0.4, -0.2) is 86.5 Å². The molecule has 1 fully saturated rings. The molecule has 1 N–H and O–H groups in total. The third-order valence-corrected chi connectivity index (χ3v) is 15.6. The molecule has 4 atom stereocenters. The van der Waals surface area contributed by atoms with E-state index in [1.54, 1.807) is 6.20 Å². The van der Waals surface area contributed by atoms with E-state index in [9.17, 15) is 5.11 Å². The molecule has 0 spiro atoms. The molecule has 2 aromatic heterocycles. The number of Topliss-reactive ketones (excluding diaryl/α,β-unsaturated/α-hetero) is 2. The molecular formula is C37H56N4O7Si. The minimum Gasteiger partial charge on any atom is -0.507 e. The van der Waals surface area contributed by atoms with Gasteiger partial charge in [0.15, 0.2) is 19.7 Å². The fraction of sp³-hybridized carbons (Fsp3) is 0.676. The van der Waals surface area contributed by atoms with E-state index in [1.165, 1.54) is 0 Å². The maximum atomic E-state index is 15.6. The molecule has 0 aliphatic heterocycles. The van der Waals surface area contributed by atoms with Crippen LogP contribution in [0.25, 0.3) is 5.76 Å². The first kappa shape index (κ1) is 37.0. The molecule has 2 heterocycles. The van der Waals surface area contributed by atoms with Crippen LogP contribution in [0.4, 0.5) is 5.82 Å². The molecule has 3 aliphatic rings. The number of hydrogen-bond donors (Lipinski definition) is 1. The quantitative estimate of drug-likeness (QED) is 0.130. The summed E-state index contributed by atoms with van der Waals surface area (Å²) >= 11 is 0. The first-order valence-electron chi connectivity index (χ1n) is 17.9. The molecule has 0 bridgehead atoms. The predicted molar refractivity (Wildman–Crippen MR) is 192 cm³/mol. The zero-order chi connectivity index (χ0) is 36.1. The molecule has 3 aliphatic carbocycles. The van der Waals surface area contributed by atoms with Gasteiger partial charge in [-0.1, -0.05) is 54.4 Å². The van der Waals surface area contributed by atoms with Crippen molar-refractivity contribution in [3.8, 4) is 11.6 Å². The van der Waals surface area contributed by atoms with E-state index in [4.69, 9.17) is 23.4 Å². The number of hydrogen-bond acceptors (Lipinski definition) is 11. The van der Waals surface area contributed by atoms with Gasteiger partial charge in [-0.2, -0.15) is 0 Å². The average molecular weight is 697 g/mol. The lowest BCUT2D eigenvalue weighted by atomic mass is 9.57. The molecule has 0 aromatic carbocycles. The summed E-state index contributed by atoms with van der Waals surface area (Å²) in [5.74, 6) is -0.515. The lowest BCUT2D eigenvalue weighted by Crippen LogP contribution is -2.68. The van der Waals surface area contributed by atoms with E-state index < -0.39 is 43.4 Å². The van der Waals surface area contributed by atoms with Crippen molar-refractivity contribution >= 4 is 31.5 Å². The molecule has 0 saturated heterocycles. The van der Waals surface area contributed by atoms with E-state index in [0.717, 1.165) is 31.2 Å². The number of rotatable bonds is 13. The van der Waals surface area contributed by atoms with Crippen molar-refractivity contribution in [1.82, 2.24) is 15.0 Å². The SMILES string of the molecule is CCCCOc1cnc(N(C)C)c2c1C(O)=C1C(=O)[C@]3(O[Si](C)(C)C(C)(C)C)C(=O)c4c(OCCCC)noc4[C@@H](N(C)CC)[C@@H]3C[C@@H]1C2. The minimum atomic E-state index is -2.82. The van der Waals surface area contributed by atoms with Crippen molar-refractivity contribution in [2.75, 3.05) is 45.8 Å². The normalized spacial score (nSPS) is 23.6. The van der Waals surface area contributed by atoms with Gasteiger partial charge in [0.05, 0.1) is 31.0 Å². The largest absolute Gasteiger partial charge is 0.507 e. The van der Waals surface area contributed by atoms with Gasteiger partial charge in [-0.25, -0.2) is 4.98 Å². The van der Waals surface area contributed by atoms with Crippen molar-refractivity contribution in [3.63, 3.8) is 0 Å². The molecule has 5 rings (SSSR count). The van der Waals surface area contributed by atoms with Crippen molar-refractivity contribution in [1.29, 1.82) is 0 Å². The summed E-state index contributed by atoms with van der Waals surface area (Å²) in [5, 5.41) is 16.2. The third kappa shape index (κ3) is 6.11. The van der Waals surface area contributed by atoms with Gasteiger partial charge in [-0.05, 0) is 68.5 Å². The lowest BCUT2D eigenvalue weighted by Gasteiger charge is -2.55. The minimum absolute atomic E-state index is 0.0926. The molecule has 0 unspecified atom stereocenters. The molecule has 49 heavy (non-hydrogen) atoms. The van der Waals surface area contributed by atoms with Crippen LogP contribution in [0.15, 0.2) is 16.3 Å². The van der Waals surface area contributed by atoms with Gasteiger partial charge in [0.25, 0.3) is 5.88 Å². The van der Waals surface area contributed by atoms with Crippen molar-refractivity contribution < 1.29 is 33.1 Å². The summed E-state index contributed by atoms with van der Waals surface area (Å²) in [6.07, 6.45) is 5.93. The Hall–Kier alpha value is -3.22. The molecular weight excluding hydrogens is 641 g/mol. The third-order valence-electron chi connectivity index (χ3n) is 11.1. The van der Waals surface area contributed by atoms with Crippen LogP contribution in [0.2, 0.25) is 18.1 Å². The smallest absolute Gasteiger partial charge is 0.265 e. The molecule has 12 heteroatoms. The van der Waals surface area contributed by atoms with E-state index in [0.29, 0.717) is 55.5 Å². The Kier molecular flexibility index (Phi) is 10.5. The highest BCUT2D eigenvalue weighted by Gasteiger charge is 2.69. The van der Waals surface area contributed by atoms with Crippen molar-refractivity contribution in [2.45, 2.75) is 110 Å². The standard InChI is InChI=1S/C37H56N4O7Si/c1-12-15-17-45-25-21-38-34(40(7)8)23-19-22-20-24-29(41(9)14-3)31-28(35(39-47-31)46-18-16-13-2)33(44)37(24,48-49(10,11)36(4,5)6)32(43)26(22)30(42)27(23)25/h21-22,24,29,42H,12-20H2,1-11H3/t22-,24-,29-,37-/m0/s1. The van der Waals surface area contributed by atoms with E-state index >= 15 is 9.59 Å². The molecule has 1 saturated carbocycles. The monoisotopic (exact) mass is 696 g/mol. The molecule has 2 aromatic rings. The van der Waals surface area contributed by atoms with Gasteiger partial charge in [0.2, 0.25) is 11.6 Å². The summed E-state index contributed by atoms with van der Waals surface area (Å²) in [7, 11) is 2.98. The van der Waals surface area contributed by atoms with E-state index in [2.05, 4.69) is 57.8 Å². The van der Waals surface area contributed by atoms with Crippen LogP contribution < -0.4 is 14.4 Å². The van der Waals surface area contributed by atoms with Gasteiger partial charge in [-0.15, -0.1) is 0 Å². The topological polar surface area (TPSA) is 127 Å². The van der Waals surface area contributed by atoms with E-state index in [-0.39, 0.29) is 27.8 Å². The molecule has 0 amide bonds. The van der Waals surface area contributed by atoms with Crippen LogP contribution in [0.3, 0.4) is 0 Å². The number of ketones is 2. The zero-order valence-electron chi connectivity index (χ0n) is 31.4. The zero-order valence-corrected chi connectivity index (χ0v) is 32.4. The van der Waals surface area contributed by atoms with Gasteiger partial charge in [0.1, 0.15) is 22.9 Å². The van der Waals surface area contributed by atoms with Gasteiger partial charge in [0, 0.05) is 31.1 Å². The summed E-state index contributed by atoms with van der Waals surface area (Å²) < 4.78 is 25.5. The lowest BCUT2D eigenvalue weighted by molar-refractivity contribution is -0.140. The molecule has 11 nitrogen and oxygen atoms in total. The Morgan fingerprint density at radius 1 is 1.02 bits per heavy atom. The second kappa shape index (κ2) is 13.8. The first-order chi connectivity index (χ1) is 23.1. The van der Waals surface area contributed by atoms with Crippen LogP contribution in [0.5, 0.6) is 11.6 Å². The molecule has 0 radical (unpaired) electrons. The summed E-state index contributed by atoms with van der Waals surface area (Å²) in [6.45, 7) is 18.0. The summed E-state index contributed by atoms with van der Waals surface area (Å²) in [5.41, 5.74) is -0.239. The second-order valence-corrected chi connectivity index (χ2v) is 20.3. The Bertz CT molecular complexity index is 1610. The van der Waals surface area contributed by atoms with Crippen LogP contribution in [-0.2, 0) is 15.6 Å². The highest BCUT2D eigenvalue weighted by molar-refractivity contribution is 6.74. The van der Waals surface area contributed by atoms with Crippen LogP contribution in [0.1, 0.15) is 107 Å². The summed E-state index contributed by atoms with van der Waals surface area (Å²) in [4.78, 5) is 39.6. The van der Waals surface area contributed by atoms with Crippen LogP contribution in [0, 0.1) is 11.8 Å². The Morgan fingerprint density at radius 2 is 1.67 bits per heavy atom. The highest BCUT2D eigenvalue weighted by atomic mass is 28.4. The summed E-state index contributed by atoms with van der Waals surface area (Å²) in [6, 6.07) is -0.498. The first-order valence-corrected chi connectivity index (χ1v) is 20.9. The number of nitrogens with zero attached hydrogens (tertiary/aromatic N) is 4. The molecule has 270 valence electrons. The maximum Gasteiger partial charge on any atom is 0.265 e. The van der Waals surface area contributed by atoms with Gasteiger partial charge >= 0.3 is 0 Å². The number of fused-ring (bicyclic) bond motifs is 4. The van der Waals surface area contributed by atoms with Crippen LogP contribution >= 0.6 is 0 Å². The number of aromatic nitrogens is 2.